The Balaban J connectivity index is 0.000000791. The van der Waals surface area contributed by atoms with Crippen LogP contribution in [0.15, 0.2) is 18.2 Å². The van der Waals surface area contributed by atoms with Gasteiger partial charge in [0.05, 0.1) is 0 Å². The minimum atomic E-state index is 0.597. The van der Waals surface area contributed by atoms with Gasteiger partial charge in [-0.15, -0.1) is 12.8 Å². The number of terminal acetylenes is 1. The molecule has 0 saturated carbocycles. The van der Waals surface area contributed by atoms with Gasteiger partial charge in [-0.3, -0.25) is 0 Å². The lowest BCUT2D eigenvalue weighted by molar-refractivity contribution is 1.06. The molecule has 0 amide bonds. The Labute approximate surface area is 86.5 Å². The molecule has 14 heavy (non-hydrogen) atoms. The molecular weight excluding hydrogens is 172 g/mol. The Morgan fingerprint density at radius 2 is 2.00 bits per heavy atom. The summed E-state index contributed by atoms with van der Waals surface area (Å²) in [5, 5.41) is 3.14. The van der Waals surface area contributed by atoms with Crippen molar-refractivity contribution >= 4 is 5.69 Å². The van der Waals surface area contributed by atoms with Gasteiger partial charge in [-0.1, -0.05) is 19.1 Å². The van der Waals surface area contributed by atoms with Gasteiger partial charge < -0.3 is 11.1 Å². The van der Waals surface area contributed by atoms with Crippen molar-refractivity contribution in [3.05, 3.63) is 29.3 Å². The van der Waals surface area contributed by atoms with Crippen molar-refractivity contribution in [1.29, 1.82) is 0 Å². The molecule has 0 aliphatic heterocycles. The van der Waals surface area contributed by atoms with Crippen LogP contribution < -0.4 is 11.1 Å². The van der Waals surface area contributed by atoms with Crippen molar-refractivity contribution in [2.45, 2.75) is 19.9 Å². The summed E-state index contributed by atoms with van der Waals surface area (Å²) in [4.78, 5) is 0. The predicted molar refractivity (Wildman–Crippen MR) is 63.1 cm³/mol. The average Bonchev–Trinajstić information content (AvgIpc) is 2.30. The van der Waals surface area contributed by atoms with Gasteiger partial charge in [0.2, 0.25) is 0 Å². The van der Waals surface area contributed by atoms with E-state index in [1.165, 1.54) is 11.1 Å². The van der Waals surface area contributed by atoms with Crippen molar-refractivity contribution in [3.8, 4) is 12.8 Å². The summed E-state index contributed by atoms with van der Waals surface area (Å²) in [6.45, 7) is 2.75. The number of nitrogens with one attached hydrogen (secondary N) is 1. The summed E-state index contributed by atoms with van der Waals surface area (Å²) in [7, 11) is 1.92. The van der Waals surface area contributed by atoms with Crippen molar-refractivity contribution in [1.82, 2.24) is 0 Å². The van der Waals surface area contributed by atoms with Crippen LogP contribution in [0.2, 0.25) is 0 Å². The van der Waals surface area contributed by atoms with Crippen LogP contribution in [0.3, 0.4) is 0 Å². The monoisotopic (exact) mass is 190 g/mol. The van der Waals surface area contributed by atoms with Gasteiger partial charge in [0.1, 0.15) is 0 Å². The third kappa shape index (κ3) is 3.12. The highest BCUT2D eigenvalue weighted by Gasteiger charge is 1.98. The first-order chi connectivity index (χ1) is 6.81. The Kier molecular flexibility index (Phi) is 6.26. The van der Waals surface area contributed by atoms with Crippen LogP contribution in [-0.2, 0) is 13.0 Å². The first-order valence-electron chi connectivity index (χ1n) is 4.64. The SMILES string of the molecule is C#C.CCc1ccc(CN)c(NC)c1. The molecule has 0 heterocycles. The van der Waals surface area contributed by atoms with E-state index in [-0.39, 0.29) is 0 Å². The minimum Gasteiger partial charge on any atom is -0.388 e. The number of hydrogen-bond acceptors (Lipinski definition) is 2. The van der Waals surface area contributed by atoms with Crippen LogP contribution in [0.1, 0.15) is 18.1 Å². The third-order valence-electron chi connectivity index (χ3n) is 2.07. The molecule has 3 N–H and O–H groups in total. The van der Waals surface area contributed by atoms with Crippen LogP contribution in [0, 0.1) is 12.8 Å². The molecule has 0 fully saturated rings. The Morgan fingerprint density at radius 3 is 2.43 bits per heavy atom. The van der Waals surface area contributed by atoms with Gasteiger partial charge in [0, 0.05) is 19.3 Å². The molecule has 0 aromatic heterocycles. The highest BCUT2D eigenvalue weighted by molar-refractivity contribution is 5.52. The van der Waals surface area contributed by atoms with Crippen LogP contribution in [0.25, 0.3) is 0 Å². The van der Waals surface area contributed by atoms with Gasteiger partial charge in [0.25, 0.3) is 0 Å². The molecule has 0 aliphatic rings. The molecule has 1 aromatic carbocycles. The van der Waals surface area contributed by atoms with Crippen LogP contribution >= 0.6 is 0 Å². The Bertz CT molecular complexity index is 290. The molecule has 0 saturated heterocycles. The highest BCUT2D eigenvalue weighted by Crippen LogP contribution is 2.16. The molecule has 0 unspecified atom stereocenters. The lowest BCUT2D eigenvalue weighted by atomic mass is 10.1. The van der Waals surface area contributed by atoms with E-state index in [0.29, 0.717) is 6.54 Å². The molecule has 0 aliphatic carbocycles. The molecule has 2 nitrogen and oxygen atoms in total. The lowest BCUT2D eigenvalue weighted by Gasteiger charge is -2.08. The topological polar surface area (TPSA) is 38.0 Å². The number of aryl methyl sites for hydroxylation is 1. The van der Waals surface area contributed by atoms with Gasteiger partial charge >= 0.3 is 0 Å². The average molecular weight is 190 g/mol. The largest absolute Gasteiger partial charge is 0.388 e. The summed E-state index contributed by atoms with van der Waals surface area (Å²) >= 11 is 0. The van der Waals surface area contributed by atoms with E-state index < -0.39 is 0 Å². The first-order valence-corrected chi connectivity index (χ1v) is 4.64. The standard InChI is InChI=1S/C10H16N2.C2H2/c1-3-8-4-5-9(7-11)10(6-8)12-2;1-2/h4-6,12H,3,7,11H2,1-2H3;1-2H. The fourth-order valence-corrected chi connectivity index (χ4v) is 1.25. The van der Waals surface area contributed by atoms with Crippen LogP contribution in [0.4, 0.5) is 5.69 Å². The summed E-state index contributed by atoms with van der Waals surface area (Å²) in [6.07, 6.45) is 9.07. The van der Waals surface area contributed by atoms with Crippen molar-refractivity contribution in [2.75, 3.05) is 12.4 Å². The number of nitrogens with two attached hydrogens (primary N) is 1. The molecule has 0 bridgehead atoms. The van der Waals surface area contributed by atoms with E-state index >= 15 is 0 Å². The molecule has 0 radical (unpaired) electrons. The summed E-state index contributed by atoms with van der Waals surface area (Å²) in [6, 6.07) is 6.37. The maximum Gasteiger partial charge on any atom is 0.0385 e. The summed E-state index contributed by atoms with van der Waals surface area (Å²) in [5.41, 5.74) is 9.25. The Morgan fingerprint density at radius 1 is 1.36 bits per heavy atom. The lowest BCUT2D eigenvalue weighted by Crippen LogP contribution is -2.02. The zero-order valence-electron chi connectivity index (χ0n) is 8.88. The fraction of sp³-hybridized carbons (Fsp3) is 0.333. The van der Waals surface area contributed by atoms with Crippen molar-refractivity contribution in [2.24, 2.45) is 5.73 Å². The number of benzene rings is 1. The van der Waals surface area contributed by atoms with E-state index in [0.717, 1.165) is 12.1 Å². The quantitative estimate of drug-likeness (QED) is 0.715. The van der Waals surface area contributed by atoms with Crippen LogP contribution in [-0.4, -0.2) is 7.05 Å². The number of rotatable bonds is 3. The van der Waals surface area contributed by atoms with E-state index in [2.05, 4.69) is 43.3 Å². The molecule has 0 atom stereocenters. The molecule has 76 valence electrons. The summed E-state index contributed by atoms with van der Waals surface area (Å²) in [5.74, 6) is 0. The third-order valence-corrected chi connectivity index (χ3v) is 2.07. The molecule has 0 spiro atoms. The van der Waals surface area contributed by atoms with Crippen LogP contribution in [0.5, 0.6) is 0 Å². The first kappa shape index (κ1) is 12.5. The molecule has 1 aromatic rings. The van der Waals surface area contributed by atoms with E-state index in [1.54, 1.807) is 0 Å². The van der Waals surface area contributed by atoms with Gasteiger partial charge in [-0.2, -0.15) is 0 Å². The van der Waals surface area contributed by atoms with E-state index in [9.17, 15) is 0 Å². The van der Waals surface area contributed by atoms with Crippen molar-refractivity contribution in [3.63, 3.8) is 0 Å². The second-order valence-corrected chi connectivity index (χ2v) is 2.80. The zero-order valence-corrected chi connectivity index (χ0v) is 8.88. The smallest absolute Gasteiger partial charge is 0.0385 e. The molecular formula is C12H18N2. The molecule has 1 rings (SSSR count). The normalized spacial score (nSPS) is 8.64. The maximum absolute atomic E-state index is 5.58. The second kappa shape index (κ2) is 6.99. The van der Waals surface area contributed by atoms with E-state index in [1.807, 2.05) is 7.05 Å². The number of anilines is 1. The second-order valence-electron chi connectivity index (χ2n) is 2.80. The van der Waals surface area contributed by atoms with Gasteiger partial charge in [-0.25, -0.2) is 0 Å². The van der Waals surface area contributed by atoms with Gasteiger partial charge in [-0.05, 0) is 23.6 Å². The van der Waals surface area contributed by atoms with Gasteiger partial charge in [0.15, 0.2) is 0 Å². The maximum atomic E-state index is 5.58. The number of hydrogen-bond donors (Lipinski definition) is 2. The molecule has 2 heteroatoms. The Hall–Kier alpha value is -1.46. The fourth-order valence-electron chi connectivity index (χ4n) is 1.25. The highest BCUT2D eigenvalue weighted by atomic mass is 14.8. The van der Waals surface area contributed by atoms with E-state index in [4.69, 9.17) is 5.73 Å². The minimum absolute atomic E-state index is 0.597. The zero-order chi connectivity index (χ0) is 11.0. The van der Waals surface area contributed by atoms with Crippen molar-refractivity contribution < 1.29 is 0 Å². The predicted octanol–water partition coefficient (Wildman–Crippen LogP) is 2.00. The summed E-state index contributed by atoms with van der Waals surface area (Å²) < 4.78 is 0.